The monoisotopic (exact) mass is 281 g/mol. The zero-order valence-electron chi connectivity index (χ0n) is 9.42. The molecule has 1 rings (SSSR count). The van der Waals surface area contributed by atoms with Crippen molar-refractivity contribution in [3.8, 4) is 5.75 Å². The minimum atomic E-state index is -4.56. The normalized spacial score (nSPS) is 13.2. The molecule has 0 heterocycles. The molecule has 100 valence electrons. The third kappa shape index (κ3) is 3.83. The molecule has 2 nitrogen and oxygen atoms in total. The highest BCUT2D eigenvalue weighted by Gasteiger charge is 2.42. The molecule has 0 spiro atoms. The molecular formula is C11H11F4NOS. The van der Waals surface area contributed by atoms with Crippen molar-refractivity contribution in [2.45, 2.75) is 13.1 Å². The fourth-order valence-electron chi connectivity index (χ4n) is 1.29. The van der Waals surface area contributed by atoms with Crippen molar-refractivity contribution in [3.63, 3.8) is 0 Å². The van der Waals surface area contributed by atoms with Crippen molar-refractivity contribution in [1.29, 1.82) is 0 Å². The Labute approximate surface area is 107 Å². The largest absolute Gasteiger partial charge is 0.492 e. The van der Waals surface area contributed by atoms with Gasteiger partial charge in [-0.2, -0.15) is 13.2 Å². The highest BCUT2D eigenvalue weighted by Crippen LogP contribution is 2.28. The van der Waals surface area contributed by atoms with Crippen LogP contribution < -0.4 is 10.5 Å². The summed E-state index contributed by atoms with van der Waals surface area (Å²) in [6.45, 7) is 0.813. The Balaban J connectivity index is 2.77. The van der Waals surface area contributed by atoms with E-state index in [9.17, 15) is 17.6 Å². The van der Waals surface area contributed by atoms with E-state index in [0.717, 1.165) is 6.07 Å². The molecule has 0 saturated carbocycles. The van der Waals surface area contributed by atoms with Crippen molar-refractivity contribution in [1.82, 2.24) is 0 Å². The van der Waals surface area contributed by atoms with Gasteiger partial charge in [0.25, 0.3) is 0 Å². The summed E-state index contributed by atoms with van der Waals surface area (Å²) in [4.78, 5) is -0.678. The first-order chi connectivity index (χ1) is 8.21. The number of ether oxygens (including phenoxy) is 1. The number of alkyl halides is 3. The Bertz CT molecular complexity index is 447. The SMILES string of the molecule is Cc1cc(F)ccc1OCC(C(N)=S)C(F)(F)F. The first-order valence-electron chi connectivity index (χ1n) is 4.97. The van der Waals surface area contributed by atoms with Gasteiger partial charge in [-0.25, -0.2) is 4.39 Å². The van der Waals surface area contributed by atoms with E-state index in [2.05, 4.69) is 12.2 Å². The van der Waals surface area contributed by atoms with Crippen LogP contribution in [0.4, 0.5) is 17.6 Å². The van der Waals surface area contributed by atoms with Crippen molar-refractivity contribution in [2.75, 3.05) is 6.61 Å². The summed E-state index contributed by atoms with van der Waals surface area (Å²) < 4.78 is 55.4. The Hall–Kier alpha value is -1.37. The van der Waals surface area contributed by atoms with Crippen LogP contribution in [0.15, 0.2) is 18.2 Å². The number of hydrogen-bond acceptors (Lipinski definition) is 2. The van der Waals surface area contributed by atoms with E-state index in [4.69, 9.17) is 10.5 Å². The lowest BCUT2D eigenvalue weighted by atomic mass is 10.1. The molecule has 0 aromatic heterocycles. The van der Waals surface area contributed by atoms with Crippen LogP contribution >= 0.6 is 12.2 Å². The standard InChI is InChI=1S/C11H11F4NOS/c1-6-4-7(12)2-3-9(6)17-5-8(10(16)18)11(13,14)15/h2-4,8H,5H2,1H3,(H2,16,18). The topological polar surface area (TPSA) is 35.2 Å². The summed E-state index contributed by atoms with van der Waals surface area (Å²) in [6.07, 6.45) is -4.56. The Kier molecular flexibility index (Phi) is 4.50. The van der Waals surface area contributed by atoms with E-state index in [0.29, 0.717) is 5.56 Å². The van der Waals surface area contributed by atoms with E-state index >= 15 is 0 Å². The lowest BCUT2D eigenvalue weighted by Crippen LogP contribution is -2.38. The summed E-state index contributed by atoms with van der Waals surface area (Å²) in [6, 6.07) is 3.53. The minimum absolute atomic E-state index is 0.168. The lowest BCUT2D eigenvalue weighted by molar-refractivity contribution is -0.161. The Morgan fingerprint density at radius 2 is 2.06 bits per heavy atom. The van der Waals surface area contributed by atoms with E-state index in [1.165, 1.54) is 19.1 Å². The van der Waals surface area contributed by atoms with E-state index in [1.54, 1.807) is 0 Å². The third-order valence-corrected chi connectivity index (χ3v) is 2.57. The molecule has 0 fully saturated rings. The number of hydrogen-bond donors (Lipinski definition) is 1. The van der Waals surface area contributed by atoms with Crippen LogP contribution in [0.1, 0.15) is 5.56 Å². The fourth-order valence-corrected chi connectivity index (χ4v) is 1.49. The number of benzene rings is 1. The summed E-state index contributed by atoms with van der Waals surface area (Å²) in [5.74, 6) is -2.33. The van der Waals surface area contributed by atoms with Crippen LogP contribution in [0.2, 0.25) is 0 Å². The summed E-state index contributed by atoms with van der Waals surface area (Å²) in [7, 11) is 0. The van der Waals surface area contributed by atoms with Crippen LogP contribution in [-0.4, -0.2) is 17.8 Å². The molecule has 0 amide bonds. The molecule has 0 aliphatic carbocycles. The van der Waals surface area contributed by atoms with E-state index < -0.39 is 29.5 Å². The van der Waals surface area contributed by atoms with Gasteiger partial charge in [-0.05, 0) is 30.7 Å². The zero-order chi connectivity index (χ0) is 13.9. The van der Waals surface area contributed by atoms with Crippen LogP contribution in [0.5, 0.6) is 5.75 Å². The molecule has 2 N–H and O–H groups in total. The third-order valence-electron chi connectivity index (χ3n) is 2.28. The highest BCUT2D eigenvalue weighted by atomic mass is 32.1. The number of nitrogens with two attached hydrogens (primary N) is 1. The molecule has 1 aromatic carbocycles. The second-order valence-electron chi connectivity index (χ2n) is 3.72. The van der Waals surface area contributed by atoms with Gasteiger partial charge in [-0.15, -0.1) is 0 Å². The number of aryl methyl sites for hydroxylation is 1. The van der Waals surface area contributed by atoms with Crippen LogP contribution in [0.3, 0.4) is 0 Å². The average Bonchev–Trinajstić information content (AvgIpc) is 2.18. The van der Waals surface area contributed by atoms with Gasteiger partial charge in [-0.3, -0.25) is 0 Å². The van der Waals surface area contributed by atoms with Crippen LogP contribution in [0.25, 0.3) is 0 Å². The van der Waals surface area contributed by atoms with Gasteiger partial charge in [0.05, 0.1) is 4.99 Å². The minimum Gasteiger partial charge on any atom is -0.492 e. The summed E-state index contributed by atoms with van der Waals surface area (Å²) in [5.41, 5.74) is 5.42. The maximum absolute atomic E-state index is 12.8. The summed E-state index contributed by atoms with van der Waals surface area (Å²) in [5, 5.41) is 0. The molecule has 1 unspecified atom stereocenters. The molecule has 1 aromatic rings. The number of halogens is 4. The van der Waals surface area contributed by atoms with E-state index in [1.807, 2.05) is 0 Å². The predicted octanol–water partition coefficient (Wildman–Crippen LogP) is 2.98. The van der Waals surface area contributed by atoms with Gasteiger partial charge in [0, 0.05) is 0 Å². The van der Waals surface area contributed by atoms with Gasteiger partial charge in [0.1, 0.15) is 24.1 Å². The molecule has 18 heavy (non-hydrogen) atoms. The lowest BCUT2D eigenvalue weighted by Gasteiger charge is -2.20. The van der Waals surface area contributed by atoms with E-state index in [-0.39, 0.29) is 5.75 Å². The number of rotatable bonds is 4. The second kappa shape index (κ2) is 5.51. The Morgan fingerprint density at radius 1 is 1.44 bits per heavy atom. The van der Waals surface area contributed by atoms with Gasteiger partial charge in [-0.1, -0.05) is 12.2 Å². The number of thiocarbonyl (C=S) groups is 1. The predicted molar refractivity (Wildman–Crippen MR) is 63.0 cm³/mol. The molecule has 0 aliphatic rings. The van der Waals surface area contributed by atoms with Gasteiger partial charge in [0.2, 0.25) is 0 Å². The van der Waals surface area contributed by atoms with Gasteiger partial charge in [0.15, 0.2) is 0 Å². The summed E-state index contributed by atoms with van der Waals surface area (Å²) >= 11 is 4.35. The van der Waals surface area contributed by atoms with Crippen molar-refractivity contribution in [2.24, 2.45) is 11.7 Å². The highest BCUT2D eigenvalue weighted by molar-refractivity contribution is 7.80. The molecule has 0 saturated heterocycles. The molecular weight excluding hydrogens is 270 g/mol. The second-order valence-corrected chi connectivity index (χ2v) is 4.19. The first-order valence-corrected chi connectivity index (χ1v) is 5.37. The first kappa shape index (κ1) is 14.7. The quantitative estimate of drug-likeness (QED) is 0.680. The zero-order valence-corrected chi connectivity index (χ0v) is 10.2. The van der Waals surface area contributed by atoms with Crippen molar-refractivity contribution >= 4 is 17.2 Å². The van der Waals surface area contributed by atoms with Gasteiger partial charge >= 0.3 is 6.18 Å². The van der Waals surface area contributed by atoms with Crippen LogP contribution in [-0.2, 0) is 0 Å². The van der Waals surface area contributed by atoms with Crippen molar-refractivity contribution < 1.29 is 22.3 Å². The van der Waals surface area contributed by atoms with Crippen molar-refractivity contribution in [3.05, 3.63) is 29.6 Å². The molecule has 0 bridgehead atoms. The maximum Gasteiger partial charge on any atom is 0.401 e. The smallest absolute Gasteiger partial charge is 0.401 e. The molecule has 7 heteroatoms. The van der Waals surface area contributed by atoms with Crippen LogP contribution in [0, 0.1) is 18.7 Å². The maximum atomic E-state index is 12.8. The fraction of sp³-hybridized carbons (Fsp3) is 0.364. The molecule has 0 aliphatic heterocycles. The Morgan fingerprint density at radius 3 is 2.50 bits per heavy atom. The van der Waals surface area contributed by atoms with Gasteiger partial charge < -0.3 is 10.5 Å². The average molecular weight is 281 g/mol. The molecule has 1 atom stereocenters. The molecule has 0 radical (unpaired) electrons.